The average molecular weight is 418 g/mol. The minimum absolute atomic E-state index is 0.0990. The van der Waals surface area contributed by atoms with E-state index in [4.69, 9.17) is 0 Å². The summed E-state index contributed by atoms with van der Waals surface area (Å²) < 4.78 is 15.3. The molecule has 0 amide bonds. The van der Waals surface area contributed by atoms with E-state index in [1.165, 1.54) is 17.7 Å². The highest BCUT2D eigenvalue weighted by molar-refractivity contribution is 7.98. The van der Waals surface area contributed by atoms with E-state index >= 15 is 0 Å². The molecule has 0 N–H and O–H groups in total. The van der Waals surface area contributed by atoms with Gasteiger partial charge in [-0.3, -0.25) is 4.57 Å². The Hall–Kier alpha value is -2.92. The number of hydrogen-bond acceptors (Lipinski definition) is 3. The van der Waals surface area contributed by atoms with Crippen molar-refractivity contribution < 1.29 is 4.39 Å². The molecule has 0 radical (unpaired) electrons. The maximum absolute atomic E-state index is 13.2. The molecule has 4 aromatic rings. The second-order valence-corrected chi connectivity index (χ2v) is 9.16. The molecular formula is C25H24FN3S. The lowest BCUT2D eigenvalue weighted by Crippen LogP contribution is -2.10. The van der Waals surface area contributed by atoms with Crippen LogP contribution in [0.15, 0.2) is 84.0 Å². The molecule has 1 aromatic heterocycles. The molecule has 0 spiro atoms. The van der Waals surface area contributed by atoms with Crippen molar-refractivity contribution in [2.45, 2.75) is 37.1 Å². The number of para-hydroxylation sites is 1. The van der Waals surface area contributed by atoms with E-state index in [1.54, 1.807) is 23.9 Å². The molecule has 1 heterocycles. The maximum Gasteiger partial charge on any atom is 0.196 e. The SMILES string of the molecule is CC(C)(C)c1ccc(-c2nnc(SCc3ccc(F)cc3)n2-c2ccccc2)cc1. The third-order valence-corrected chi connectivity index (χ3v) is 5.94. The van der Waals surface area contributed by atoms with Gasteiger partial charge in [0.2, 0.25) is 0 Å². The van der Waals surface area contributed by atoms with Gasteiger partial charge in [-0.1, -0.05) is 87.1 Å². The zero-order chi connectivity index (χ0) is 21.1. The highest BCUT2D eigenvalue weighted by Crippen LogP contribution is 2.31. The molecular weight excluding hydrogens is 393 g/mol. The lowest BCUT2D eigenvalue weighted by atomic mass is 9.87. The Kier molecular flexibility index (Phi) is 5.73. The van der Waals surface area contributed by atoms with Gasteiger partial charge in [0, 0.05) is 17.0 Å². The highest BCUT2D eigenvalue weighted by atomic mass is 32.2. The second-order valence-electron chi connectivity index (χ2n) is 8.22. The Bertz CT molecular complexity index is 1110. The molecule has 3 nitrogen and oxygen atoms in total. The van der Waals surface area contributed by atoms with E-state index in [0.29, 0.717) is 5.75 Å². The monoisotopic (exact) mass is 417 g/mol. The van der Waals surface area contributed by atoms with Gasteiger partial charge in [0.25, 0.3) is 0 Å². The summed E-state index contributed by atoms with van der Waals surface area (Å²) in [5, 5.41) is 9.79. The van der Waals surface area contributed by atoms with Crippen molar-refractivity contribution in [1.82, 2.24) is 14.8 Å². The number of thioether (sulfide) groups is 1. The molecule has 0 aliphatic heterocycles. The minimum atomic E-state index is -0.225. The van der Waals surface area contributed by atoms with E-state index in [1.807, 2.05) is 18.2 Å². The van der Waals surface area contributed by atoms with Crippen LogP contribution in [0.3, 0.4) is 0 Å². The van der Waals surface area contributed by atoms with Crippen LogP contribution in [0.2, 0.25) is 0 Å². The van der Waals surface area contributed by atoms with Crippen molar-refractivity contribution >= 4 is 11.8 Å². The molecule has 0 unspecified atom stereocenters. The van der Waals surface area contributed by atoms with Gasteiger partial charge in [0.05, 0.1) is 0 Å². The number of nitrogens with zero attached hydrogens (tertiary/aromatic N) is 3. The minimum Gasteiger partial charge on any atom is -0.270 e. The summed E-state index contributed by atoms with van der Waals surface area (Å²) >= 11 is 1.59. The fourth-order valence-electron chi connectivity index (χ4n) is 3.21. The number of aromatic nitrogens is 3. The van der Waals surface area contributed by atoms with Crippen LogP contribution < -0.4 is 0 Å². The van der Waals surface area contributed by atoms with Gasteiger partial charge < -0.3 is 0 Å². The maximum atomic E-state index is 13.2. The van der Waals surface area contributed by atoms with Crippen LogP contribution in [0.4, 0.5) is 4.39 Å². The Labute approximate surface area is 181 Å². The second kappa shape index (κ2) is 8.44. The molecule has 0 fully saturated rings. The van der Waals surface area contributed by atoms with E-state index in [0.717, 1.165) is 27.8 Å². The van der Waals surface area contributed by atoms with Crippen LogP contribution in [-0.2, 0) is 11.2 Å². The molecule has 0 bridgehead atoms. The van der Waals surface area contributed by atoms with Crippen LogP contribution in [0.5, 0.6) is 0 Å². The van der Waals surface area contributed by atoms with E-state index in [2.05, 4.69) is 71.9 Å². The Morgan fingerprint density at radius 1 is 0.833 bits per heavy atom. The smallest absolute Gasteiger partial charge is 0.196 e. The molecule has 30 heavy (non-hydrogen) atoms. The first-order chi connectivity index (χ1) is 14.4. The normalized spacial score (nSPS) is 11.6. The van der Waals surface area contributed by atoms with Crippen molar-refractivity contribution in [3.63, 3.8) is 0 Å². The van der Waals surface area contributed by atoms with Crippen molar-refractivity contribution in [1.29, 1.82) is 0 Å². The third kappa shape index (κ3) is 4.46. The van der Waals surface area contributed by atoms with Crippen molar-refractivity contribution in [2.75, 3.05) is 0 Å². The molecule has 0 atom stereocenters. The standard InChI is InChI=1S/C25H24FN3S/c1-25(2,3)20-13-11-19(12-14-20)23-27-28-24(29(23)22-7-5-4-6-8-22)30-17-18-9-15-21(26)16-10-18/h4-16H,17H2,1-3H3. The Balaban J connectivity index is 1.70. The van der Waals surface area contributed by atoms with E-state index < -0.39 is 0 Å². The highest BCUT2D eigenvalue weighted by Gasteiger charge is 2.18. The van der Waals surface area contributed by atoms with E-state index in [-0.39, 0.29) is 11.2 Å². The van der Waals surface area contributed by atoms with Gasteiger partial charge in [0.15, 0.2) is 11.0 Å². The molecule has 0 aliphatic rings. The number of hydrogen-bond donors (Lipinski definition) is 0. The van der Waals surface area contributed by atoms with E-state index in [9.17, 15) is 4.39 Å². The van der Waals surface area contributed by atoms with Gasteiger partial charge >= 0.3 is 0 Å². The summed E-state index contributed by atoms with van der Waals surface area (Å²) in [6.07, 6.45) is 0. The molecule has 3 aromatic carbocycles. The zero-order valence-electron chi connectivity index (χ0n) is 17.3. The predicted octanol–water partition coefficient (Wildman–Crippen LogP) is 6.66. The first kappa shape index (κ1) is 20.4. The topological polar surface area (TPSA) is 30.7 Å². The molecule has 152 valence electrons. The van der Waals surface area contributed by atoms with Crippen LogP contribution >= 0.6 is 11.8 Å². The van der Waals surface area contributed by atoms with Crippen LogP contribution in [0.1, 0.15) is 31.9 Å². The summed E-state index contributed by atoms with van der Waals surface area (Å²) in [6.45, 7) is 6.62. The summed E-state index contributed by atoms with van der Waals surface area (Å²) in [6, 6.07) is 25.2. The summed E-state index contributed by atoms with van der Waals surface area (Å²) in [5.74, 6) is 1.27. The molecule has 0 aliphatic carbocycles. The van der Waals surface area contributed by atoms with Crippen molar-refractivity contribution in [3.05, 3.63) is 95.8 Å². The summed E-state index contributed by atoms with van der Waals surface area (Å²) in [7, 11) is 0. The van der Waals surface area contributed by atoms with Crippen molar-refractivity contribution in [3.8, 4) is 17.1 Å². The van der Waals surface area contributed by atoms with Crippen LogP contribution in [0, 0.1) is 5.82 Å². The largest absolute Gasteiger partial charge is 0.270 e. The van der Waals surface area contributed by atoms with Gasteiger partial charge in [-0.25, -0.2) is 4.39 Å². The van der Waals surface area contributed by atoms with Crippen LogP contribution in [-0.4, -0.2) is 14.8 Å². The molecule has 0 saturated carbocycles. The number of benzene rings is 3. The predicted molar refractivity (Wildman–Crippen MR) is 121 cm³/mol. The van der Waals surface area contributed by atoms with Crippen molar-refractivity contribution in [2.24, 2.45) is 0 Å². The van der Waals surface area contributed by atoms with Gasteiger partial charge in [0.1, 0.15) is 5.82 Å². The molecule has 0 saturated heterocycles. The average Bonchev–Trinajstić information content (AvgIpc) is 3.17. The van der Waals surface area contributed by atoms with Gasteiger partial charge in [-0.15, -0.1) is 10.2 Å². The number of halogens is 1. The Morgan fingerprint density at radius 3 is 2.13 bits per heavy atom. The zero-order valence-corrected chi connectivity index (χ0v) is 18.2. The molecule has 5 heteroatoms. The van der Waals surface area contributed by atoms with Gasteiger partial charge in [-0.2, -0.15) is 0 Å². The summed E-state index contributed by atoms with van der Waals surface area (Å²) in [4.78, 5) is 0. The first-order valence-electron chi connectivity index (χ1n) is 9.91. The lowest BCUT2D eigenvalue weighted by Gasteiger charge is -2.19. The quantitative estimate of drug-likeness (QED) is 0.340. The lowest BCUT2D eigenvalue weighted by molar-refractivity contribution is 0.590. The third-order valence-electron chi connectivity index (χ3n) is 4.94. The van der Waals surface area contributed by atoms with Gasteiger partial charge in [-0.05, 0) is 40.8 Å². The summed E-state index contributed by atoms with van der Waals surface area (Å²) in [5.41, 5.74) is 4.46. The molecule has 4 rings (SSSR count). The number of rotatable bonds is 5. The fourth-order valence-corrected chi connectivity index (χ4v) is 4.12. The first-order valence-corrected chi connectivity index (χ1v) is 10.9. The van der Waals surface area contributed by atoms with Crippen LogP contribution in [0.25, 0.3) is 17.1 Å². The Morgan fingerprint density at radius 2 is 1.50 bits per heavy atom. The fraction of sp³-hybridized carbons (Fsp3) is 0.200.